The van der Waals surface area contributed by atoms with E-state index in [-0.39, 0.29) is 30.2 Å². The van der Waals surface area contributed by atoms with Crippen molar-refractivity contribution in [3.05, 3.63) is 54.1 Å². The molecule has 0 unspecified atom stereocenters. The van der Waals surface area contributed by atoms with Crippen molar-refractivity contribution in [1.82, 2.24) is 4.90 Å². The van der Waals surface area contributed by atoms with Crippen LogP contribution >= 0.6 is 0 Å². The number of hydrogen-bond acceptors (Lipinski definition) is 3. The molecule has 0 saturated carbocycles. The first kappa shape index (κ1) is 19.5. The van der Waals surface area contributed by atoms with Gasteiger partial charge in [0, 0.05) is 12.1 Å². The molecular weight excluding hydrogens is 330 g/mol. The van der Waals surface area contributed by atoms with Crippen LogP contribution in [-0.2, 0) is 4.79 Å². The smallest absolute Gasteiger partial charge is 0.335 e. The van der Waals surface area contributed by atoms with Crippen LogP contribution < -0.4 is 4.74 Å². The highest BCUT2D eigenvalue weighted by Crippen LogP contribution is 2.23. The molecule has 5 nitrogen and oxygen atoms in total. The molecule has 138 valence electrons. The summed E-state index contributed by atoms with van der Waals surface area (Å²) in [6.45, 7) is 7.96. The first-order valence-electron chi connectivity index (χ1n) is 8.67. The van der Waals surface area contributed by atoms with Crippen LogP contribution in [0.4, 0.5) is 0 Å². The fraction of sp³-hybridized carbons (Fsp3) is 0.333. The second kappa shape index (κ2) is 8.52. The van der Waals surface area contributed by atoms with Crippen molar-refractivity contribution in [2.24, 2.45) is 0 Å². The van der Waals surface area contributed by atoms with E-state index >= 15 is 0 Å². The summed E-state index contributed by atoms with van der Waals surface area (Å²) in [7, 11) is 0. The Morgan fingerprint density at radius 3 is 1.77 bits per heavy atom. The standard InChI is InChI=1S/C21H25NO4/c1-14(2)22(15(3)4)20(23)13-26-19-11-9-17(10-12-19)16-5-7-18(8-6-16)21(24)25/h5-12,14-15H,13H2,1-4H3,(H,24,25). The van der Waals surface area contributed by atoms with Gasteiger partial charge in [-0.25, -0.2) is 4.79 Å². The minimum Gasteiger partial charge on any atom is -0.484 e. The first-order chi connectivity index (χ1) is 12.3. The Kier molecular flexibility index (Phi) is 6.39. The number of nitrogens with zero attached hydrogens (tertiary/aromatic N) is 1. The van der Waals surface area contributed by atoms with Crippen molar-refractivity contribution in [1.29, 1.82) is 0 Å². The fourth-order valence-corrected chi connectivity index (χ4v) is 2.94. The van der Waals surface area contributed by atoms with Gasteiger partial charge in [0.15, 0.2) is 6.61 Å². The number of carboxylic acid groups (broad SMARTS) is 1. The molecule has 0 saturated heterocycles. The molecule has 2 rings (SSSR count). The summed E-state index contributed by atoms with van der Waals surface area (Å²) >= 11 is 0. The van der Waals surface area contributed by atoms with E-state index in [1.807, 2.05) is 52.0 Å². The summed E-state index contributed by atoms with van der Waals surface area (Å²) in [6, 6.07) is 14.3. The summed E-state index contributed by atoms with van der Waals surface area (Å²) in [5, 5.41) is 8.95. The summed E-state index contributed by atoms with van der Waals surface area (Å²) in [5.74, 6) is -0.359. The van der Waals surface area contributed by atoms with E-state index in [9.17, 15) is 9.59 Å². The monoisotopic (exact) mass is 355 g/mol. The van der Waals surface area contributed by atoms with Gasteiger partial charge in [-0.2, -0.15) is 0 Å². The predicted molar refractivity (Wildman–Crippen MR) is 101 cm³/mol. The SMILES string of the molecule is CC(C)N(C(=O)COc1ccc(-c2ccc(C(=O)O)cc2)cc1)C(C)C. The van der Waals surface area contributed by atoms with Crippen molar-refractivity contribution in [3.63, 3.8) is 0 Å². The third-order valence-electron chi connectivity index (χ3n) is 4.08. The third-order valence-corrected chi connectivity index (χ3v) is 4.08. The van der Waals surface area contributed by atoms with Crippen LogP contribution in [0.15, 0.2) is 48.5 Å². The van der Waals surface area contributed by atoms with Crippen molar-refractivity contribution in [2.45, 2.75) is 39.8 Å². The second-order valence-electron chi connectivity index (χ2n) is 6.68. The number of amides is 1. The van der Waals surface area contributed by atoms with Crippen LogP contribution in [-0.4, -0.2) is 40.6 Å². The molecule has 0 radical (unpaired) electrons. The van der Waals surface area contributed by atoms with E-state index in [4.69, 9.17) is 9.84 Å². The Hall–Kier alpha value is -2.82. The molecule has 0 spiro atoms. The Balaban J connectivity index is 2.01. The molecule has 0 atom stereocenters. The van der Waals surface area contributed by atoms with E-state index in [0.29, 0.717) is 5.75 Å². The van der Waals surface area contributed by atoms with Crippen molar-refractivity contribution >= 4 is 11.9 Å². The molecular formula is C21H25NO4. The average molecular weight is 355 g/mol. The van der Waals surface area contributed by atoms with Gasteiger partial charge in [-0.1, -0.05) is 24.3 Å². The zero-order valence-electron chi connectivity index (χ0n) is 15.6. The highest BCUT2D eigenvalue weighted by molar-refractivity contribution is 5.88. The average Bonchev–Trinajstić information content (AvgIpc) is 2.60. The molecule has 2 aromatic carbocycles. The molecule has 5 heteroatoms. The molecule has 2 aromatic rings. The number of carboxylic acids is 1. The van der Waals surface area contributed by atoms with Gasteiger partial charge in [0.1, 0.15) is 5.75 Å². The molecule has 0 bridgehead atoms. The summed E-state index contributed by atoms with van der Waals surface area (Å²) < 4.78 is 5.62. The molecule has 0 fully saturated rings. The normalized spacial score (nSPS) is 10.8. The molecule has 0 heterocycles. The molecule has 26 heavy (non-hydrogen) atoms. The summed E-state index contributed by atoms with van der Waals surface area (Å²) in [5.41, 5.74) is 2.13. The van der Waals surface area contributed by atoms with E-state index in [1.165, 1.54) is 0 Å². The van der Waals surface area contributed by atoms with Crippen LogP contribution in [0.3, 0.4) is 0 Å². The number of carbonyl (C=O) groups is 2. The van der Waals surface area contributed by atoms with Crippen LogP contribution in [0.25, 0.3) is 11.1 Å². The van der Waals surface area contributed by atoms with Crippen LogP contribution in [0.5, 0.6) is 5.75 Å². The lowest BCUT2D eigenvalue weighted by Gasteiger charge is -2.30. The van der Waals surface area contributed by atoms with Gasteiger partial charge in [-0.3, -0.25) is 4.79 Å². The van der Waals surface area contributed by atoms with Crippen molar-refractivity contribution in [2.75, 3.05) is 6.61 Å². The topological polar surface area (TPSA) is 66.8 Å². The zero-order chi connectivity index (χ0) is 19.3. The van der Waals surface area contributed by atoms with E-state index in [1.54, 1.807) is 29.2 Å². The molecule has 1 N–H and O–H groups in total. The maximum Gasteiger partial charge on any atom is 0.335 e. The number of ether oxygens (including phenoxy) is 1. The van der Waals surface area contributed by atoms with E-state index in [2.05, 4.69) is 0 Å². The van der Waals surface area contributed by atoms with Gasteiger partial charge < -0.3 is 14.7 Å². The summed E-state index contributed by atoms with van der Waals surface area (Å²) in [6.07, 6.45) is 0. The fourth-order valence-electron chi connectivity index (χ4n) is 2.94. The van der Waals surface area contributed by atoms with Crippen LogP contribution in [0.2, 0.25) is 0 Å². The second-order valence-corrected chi connectivity index (χ2v) is 6.68. The highest BCUT2D eigenvalue weighted by atomic mass is 16.5. The number of carbonyl (C=O) groups excluding carboxylic acids is 1. The molecule has 1 amide bonds. The van der Waals surface area contributed by atoms with Gasteiger partial charge in [-0.05, 0) is 63.1 Å². The molecule has 0 aliphatic carbocycles. The lowest BCUT2D eigenvalue weighted by molar-refractivity contribution is -0.136. The van der Waals surface area contributed by atoms with E-state index < -0.39 is 5.97 Å². The number of hydrogen-bond donors (Lipinski definition) is 1. The largest absolute Gasteiger partial charge is 0.484 e. The zero-order valence-corrected chi connectivity index (χ0v) is 15.6. The van der Waals surface area contributed by atoms with Gasteiger partial charge >= 0.3 is 5.97 Å². The Bertz CT molecular complexity index is 741. The van der Waals surface area contributed by atoms with Gasteiger partial charge in [0.2, 0.25) is 0 Å². The Morgan fingerprint density at radius 1 is 0.885 bits per heavy atom. The molecule has 0 aromatic heterocycles. The quantitative estimate of drug-likeness (QED) is 0.813. The predicted octanol–water partition coefficient (Wildman–Crippen LogP) is 4.08. The highest BCUT2D eigenvalue weighted by Gasteiger charge is 2.20. The van der Waals surface area contributed by atoms with Crippen LogP contribution in [0.1, 0.15) is 38.1 Å². The van der Waals surface area contributed by atoms with Crippen molar-refractivity contribution in [3.8, 4) is 16.9 Å². The summed E-state index contributed by atoms with van der Waals surface area (Å²) in [4.78, 5) is 25.0. The number of benzene rings is 2. The minimum absolute atomic E-state index is 0.00299. The molecule has 0 aliphatic heterocycles. The van der Waals surface area contributed by atoms with Gasteiger partial charge in [0.05, 0.1) is 5.56 Å². The Morgan fingerprint density at radius 2 is 1.35 bits per heavy atom. The van der Waals surface area contributed by atoms with Crippen molar-refractivity contribution < 1.29 is 19.4 Å². The Labute approximate surface area is 154 Å². The molecule has 0 aliphatic rings. The first-order valence-corrected chi connectivity index (χ1v) is 8.67. The van der Waals surface area contributed by atoms with E-state index in [0.717, 1.165) is 11.1 Å². The van der Waals surface area contributed by atoms with Gasteiger partial charge in [0.25, 0.3) is 5.91 Å². The number of aromatic carboxylic acids is 1. The van der Waals surface area contributed by atoms with Gasteiger partial charge in [-0.15, -0.1) is 0 Å². The van der Waals surface area contributed by atoms with Crippen LogP contribution in [0, 0.1) is 0 Å². The third kappa shape index (κ3) is 4.85. The maximum atomic E-state index is 12.3. The lowest BCUT2D eigenvalue weighted by Crippen LogP contribution is -2.44. The minimum atomic E-state index is -0.943. The lowest BCUT2D eigenvalue weighted by atomic mass is 10.0. The maximum absolute atomic E-state index is 12.3. The number of rotatable bonds is 7.